The van der Waals surface area contributed by atoms with Gasteiger partial charge in [0.05, 0.1) is 27.8 Å². The molecule has 1 heterocycles. The van der Waals surface area contributed by atoms with Gasteiger partial charge in [-0.1, -0.05) is 36.7 Å². The van der Waals surface area contributed by atoms with Crippen LogP contribution in [0.25, 0.3) is 10.2 Å². The number of allylic oxidation sites excluding steroid dienone is 1. The Kier molecular flexibility index (Phi) is 7.87. The first kappa shape index (κ1) is 26.0. The lowest BCUT2D eigenvalue weighted by molar-refractivity contribution is 0.0600. The number of aromatic nitrogens is 1. The molecule has 1 fully saturated rings. The van der Waals surface area contributed by atoms with E-state index >= 15 is 0 Å². The highest BCUT2D eigenvalue weighted by Crippen LogP contribution is 2.27. The maximum atomic E-state index is 13.1. The number of fused-ring (bicyclic) bond motifs is 1. The van der Waals surface area contributed by atoms with Crippen LogP contribution in [0.4, 0.5) is 0 Å². The zero-order valence-corrected chi connectivity index (χ0v) is 22.0. The van der Waals surface area contributed by atoms with Crippen molar-refractivity contribution in [3.63, 3.8) is 0 Å². The molecular formula is C26H29N3O5S2. The molecule has 0 bridgehead atoms. The van der Waals surface area contributed by atoms with Gasteiger partial charge in [-0.05, 0) is 55.3 Å². The molecule has 190 valence electrons. The van der Waals surface area contributed by atoms with Crippen LogP contribution < -0.4 is 4.80 Å². The lowest BCUT2D eigenvalue weighted by Crippen LogP contribution is -2.38. The van der Waals surface area contributed by atoms with Crippen molar-refractivity contribution in [2.45, 2.75) is 49.6 Å². The Morgan fingerprint density at radius 2 is 1.81 bits per heavy atom. The SMILES string of the molecule is C=CCn1c(=NC(=O)c2ccc(S(=O)(=O)N(C)C3CCCCC3)cc2)sc2cc(C(=O)OC)ccc21. The number of esters is 1. The van der Waals surface area contributed by atoms with Crippen molar-refractivity contribution in [2.24, 2.45) is 4.99 Å². The second-order valence-electron chi connectivity index (χ2n) is 8.71. The molecule has 10 heteroatoms. The van der Waals surface area contributed by atoms with Gasteiger partial charge in [0, 0.05) is 25.2 Å². The Balaban J connectivity index is 1.63. The number of nitrogens with zero attached hydrogens (tertiary/aromatic N) is 3. The molecule has 0 unspecified atom stereocenters. The van der Waals surface area contributed by atoms with Gasteiger partial charge in [-0.25, -0.2) is 13.2 Å². The molecule has 0 aliphatic heterocycles. The molecule has 0 saturated heterocycles. The average molecular weight is 528 g/mol. The van der Waals surface area contributed by atoms with Crippen LogP contribution in [0.1, 0.15) is 52.8 Å². The summed E-state index contributed by atoms with van der Waals surface area (Å²) in [5.41, 5.74) is 1.50. The number of ether oxygens (including phenoxy) is 1. The number of hydrogen-bond donors (Lipinski definition) is 0. The number of rotatable bonds is 7. The van der Waals surface area contributed by atoms with Crippen molar-refractivity contribution in [1.29, 1.82) is 0 Å². The van der Waals surface area contributed by atoms with Crippen LogP contribution in [0.5, 0.6) is 0 Å². The maximum absolute atomic E-state index is 13.1. The van der Waals surface area contributed by atoms with Crippen LogP contribution in [-0.4, -0.2) is 49.4 Å². The van der Waals surface area contributed by atoms with Crippen molar-refractivity contribution in [2.75, 3.05) is 14.2 Å². The third kappa shape index (κ3) is 5.21. The molecule has 1 aliphatic rings. The summed E-state index contributed by atoms with van der Waals surface area (Å²) < 4.78 is 35.1. The fourth-order valence-electron chi connectivity index (χ4n) is 4.44. The van der Waals surface area contributed by atoms with E-state index in [9.17, 15) is 18.0 Å². The first-order valence-electron chi connectivity index (χ1n) is 11.8. The lowest BCUT2D eigenvalue weighted by Gasteiger charge is -2.30. The van der Waals surface area contributed by atoms with Gasteiger partial charge in [0.25, 0.3) is 5.91 Å². The Bertz CT molecular complexity index is 1460. The summed E-state index contributed by atoms with van der Waals surface area (Å²) in [4.78, 5) is 29.8. The van der Waals surface area contributed by atoms with Gasteiger partial charge < -0.3 is 9.30 Å². The smallest absolute Gasteiger partial charge is 0.337 e. The fourth-order valence-corrected chi connectivity index (χ4v) is 6.93. The summed E-state index contributed by atoms with van der Waals surface area (Å²) in [5.74, 6) is -0.934. The molecule has 1 saturated carbocycles. The van der Waals surface area contributed by atoms with Gasteiger partial charge >= 0.3 is 5.97 Å². The predicted molar refractivity (Wildman–Crippen MR) is 140 cm³/mol. The van der Waals surface area contributed by atoms with E-state index in [2.05, 4.69) is 11.6 Å². The van der Waals surface area contributed by atoms with Gasteiger partial charge in [-0.2, -0.15) is 9.30 Å². The topological polar surface area (TPSA) is 98.0 Å². The number of amides is 1. The lowest BCUT2D eigenvalue weighted by atomic mass is 9.96. The molecular weight excluding hydrogens is 498 g/mol. The number of carbonyl (C=O) groups is 2. The van der Waals surface area contributed by atoms with E-state index in [-0.39, 0.29) is 16.5 Å². The van der Waals surface area contributed by atoms with Gasteiger partial charge in [-0.15, -0.1) is 6.58 Å². The number of carbonyl (C=O) groups excluding carboxylic acids is 2. The van der Waals surface area contributed by atoms with E-state index in [1.165, 1.54) is 47.0 Å². The first-order valence-corrected chi connectivity index (χ1v) is 14.0. The van der Waals surface area contributed by atoms with Crippen LogP contribution in [0, 0.1) is 0 Å². The second kappa shape index (κ2) is 10.9. The van der Waals surface area contributed by atoms with E-state index in [1.54, 1.807) is 31.3 Å². The molecule has 4 rings (SSSR count). The second-order valence-corrected chi connectivity index (χ2v) is 11.7. The predicted octanol–water partition coefficient (Wildman–Crippen LogP) is 4.37. The van der Waals surface area contributed by atoms with E-state index in [4.69, 9.17) is 4.74 Å². The van der Waals surface area contributed by atoms with E-state index < -0.39 is 21.9 Å². The Morgan fingerprint density at radius 1 is 1.14 bits per heavy atom. The summed E-state index contributed by atoms with van der Waals surface area (Å²) in [6, 6.07) is 11.1. The minimum Gasteiger partial charge on any atom is -0.465 e. The van der Waals surface area contributed by atoms with Crippen LogP contribution in [0.15, 0.2) is 65.0 Å². The summed E-state index contributed by atoms with van der Waals surface area (Å²) in [6.45, 7) is 4.21. The number of benzene rings is 2. The van der Waals surface area contributed by atoms with Crippen molar-refractivity contribution < 1.29 is 22.7 Å². The van der Waals surface area contributed by atoms with Gasteiger partial charge in [0.15, 0.2) is 4.80 Å². The third-order valence-electron chi connectivity index (χ3n) is 6.48. The van der Waals surface area contributed by atoms with Crippen LogP contribution in [0.2, 0.25) is 0 Å². The number of hydrogen-bond acceptors (Lipinski definition) is 6. The van der Waals surface area contributed by atoms with Crippen LogP contribution in [-0.2, 0) is 21.3 Å². The first-order chi connectivity index (χ1) is 17.3. The van der Waals surface area contributed by atoms with Crippen molar-refractivity contribution in [3.8, 4) is 0 Å². The maximum Gasteiger partial charge on any atom is 0.337 e. The van der Waals surface area contributed by atoms with Crippen molar-refractivity contribution in [3.05, 3.63) is 71.0 Å². The molecule has 3 aromatic rings. The summed E-state index contributed by atoms with van der Waals surface area (Å²) in [7, 11) is -0.692. The zero-order valence-electron chi connectivity index (χ0n) is 20.3. The summed E-state index contributed by atoms with van der Waals surface area (Å²) in [5, 5.41) is 0. The largest absolute Gasteiger partial charge is 0.465 e. The zero-order chi connectivity index (χ0) is 25.9. The van der Waals surface area contributed by atoms with Gasteiger partial charge in [-0.3, -0.25) is 4.79 Å². The van der Waals surface area contributed by atoms with Crippen molar-refractivity contribution in [1.82, 2.24) is 8.87 Å². The Hall–Kier alpha value is -3.08. The van der Waals surface area contributed by atoms with E-state index in [0.29, 0.717) is 16.9 Å². The summed E-state index contributed by atoms with van der Waals surface area (Å²) >= 11 is 1.27. The molecule has 36 heavy (non-hydrogen) atoms. The monoisotopic (exact) mass is 527 g/mol. The highest BCUT2D eigenvalue weighted by atomic mass is 32.2. The molecule has 0 atom stereocenters. The van der Waals surface area contributed by atoms with Crippen molar-refractivity contribution >= 4 is 43.5 Å². The number of thiazole rings is 1. The molecule has 0 N–H and O–H groups in total. The minimum atomic E-state index is -3.64. The van der Waals surface area contributed by atoms with Gasteiger partial charge in [0.2, 0.25) is 10.0 Å². The molecule has 0 radical (unpaired) electrons. The van der Waals surface area contributed by atoms with Gasteiger partial charge in [0.1, 0.15) is 0 Å². The number of sulfonamides is 1. The normalized spacial score (nSPS) is 15.4. The average Bonchev–Trinajstić information content (AvgIpc) is 3.24. The fraction of sp³-hybridized carbons (Fsp3) is 0.346. The highest BCUT2D eigenvalue weighted by molar-refractivity contribution is 7.89. The standard InChI is InChI=1S/C26H29N3O5S2/c1-4-16-29-22-15-12-19(25(31)34-3)17-23(22)35-26(29)27-24(30)18-10-13-21(14-11-18)36(32,33)28(2)20-8-6-5-7-9-20/h4,10-15,17,20H,1,5-9,16H2,2-3H3. The van der Waals surface area contributed by atoms with E-state index in [1.807, 2.05) is 4.57 Å². The Labute approximate surface area is 214 Å². The third-order valence-corrected chi connectivity index (χ3v) is 9.45. The Morgan fingerprint density at radius 3 is 2.44 bits per heavy atom. The molecule has 2 aromatic carbocycles. The van der Waals surface area contributed by atoms with E-state index in [0.717, 1.165) is 42.3 Å². The molecule has 0 spiro atoms. The molecule has 8 nitrogen and oxygen atoms in total. The molecule has 1 aliphatic carbocycles. The minimum absolute atomic E-state index is 0.00743. The van der Waals surface area contributed by atoms with Crippen LogP contribution in [0.3, 0.4) is 0 Å². The van der Waals surface area contributed by atoms with Crippen LogP contribution >= 0.6 is 11.3 Å². The highest BCUT2D eigenvalue weighted by Gasteiger charge is 2.29. The number of methoxy groups -OCH3 is 1. The molecule has 1 aromatic heterocycles. The summed E-state index contributed by atoms with van der Waals surface area (Å²) in [6.07, 6.45) is 6.65. The quantitative estimate of drug-likeness (QED) is 0.336. The molecule has 1 amide bonds.